The van der Waals surface area contributed by atoms with Crippen LogP contribution in [-0.2, 0) is 11.4 Å². The van der Waals surface area contributed by atoms with Crippen LogP contribution in [0.3, 0.4) is 0 Å². The fourth-order valence-corrected chi connectivity index (χ4v) is 2.07. The van der Waals surface area contributed by atoms with Gasteiger partial charge in [-0.2, -0.15) is 0 Å². The highest BCUT2D eigenvalue weighted by Crippen LogP contribution is 2.18. The van der Waals surface area contributed by atoms with Crippen molar-refractivity contribution in [1.29, 1.82) is 0 Å². The molecule has 2 heterocycles. The maximum atomic E-state index is 12.1. The van der Waals surface area contributed by atoms with Gasteiger partial charge in [0.1, 0.15) is 5.76 Å². The molecule has 0 aliphatic heterocycles. The van der Waals surface area contributed by atoms with Crippen molar-refractivity contribution >= 4 is 5.91 Å². The highest BCUT2D eigenvalue weighted by Gasteiger charge is 2.19. The van der Waals surface area contributed by atoms with Crippen molar-refractivity contribution in [3.8, 4) is 0 Å². The first kappa shape index (κ1) is 13.4. The molecule has 0 fully saturated rings. The van der Waals surface area contributed by atoms with E-state index in [4.69, 9.17) is 9.25 Å². The molecule has 0 N–H and O–H groups in total. The second-order valence-electron chi connectivity index (χ2n) is 4.44. The standard InChI is InChI=1S/C14H18N2O3/c1-10-8-13(14(17)15(3)18-4)11(2)16(10)9-12-6-5-7-19-12/h5-8H,9H2,1-4H3. The molecule has 0 unspecified atom stereocenters. The summed E-state index contributed by atoms with van der Waals surface area (Å²) >= 11 is 0. The number of amides is 1. The lowest BCUT2D eigenvalue weighted by molar-refractivity contribution is -0.0757. The molecule has 0 bridgehead atoms. The zero-order chi connectivity index (χ0) is 14.0. The van der Waals surface area contributed by atoms with Crippen molar-refractivity contribution in [3.05, 3.63) is 47.2 Å². The molecular weight excluding hydrogens is 244 g/mol. The van der Waals surface area contributed by atoms with Gasteiger partial charge in [-0.1, -0.05) is 0 Å². The molecule has 2 rings (SSSR count). The molecule has 0 atom stereocenters. The molecule has 0 radical (unpaired) electrons. The van der Waals surface area contributed by atoms with Crippen LogP contribution in [0.25, 0.3) is 0 Å². The molecule has 0 spiro atoms. The molecule has 0 aliphatic carbocycles. The Kier molecular flexibility index (Phi) is 3.76. The van der Waals surface area contributed by atoms with Gasteiger partial charge in [0.2, 0.25) is 0 Å². The van der Waals surface area contributed by atoms with Crippen molar-refractivity contribution in [2.75, 3.05) is 14.2 Å². The van der Waals surface area contributed by atoms with Crippen LogP contribution in [0.4, 0.5) is 0 Å². The number of furan rings is 1. The maximum absolute atomic E-state index is 12.1. The molecule has 5 nitrogen and oxygen atoms in total. The Hall–Kier alpha value is -2.01. The van der Waals surface area contributed by atoms with Crippen LogP contribution in [0.15, 0.2) is 28.9 Å². The van der Waals surface area contributed by atoms with Crippen molar-refractivity contribution < 1.29 is 14.0 Å². The van der Waals surface area contributed by atoms with Crippen molar-refractivity contribution in [2.45, 2.75) is 20.4 Å². The molecule has 2 aromatic heterocycles. The van der Waals surface area contributed by atoms with E-state index < -0.39 is 0 Å². The van der Waals surface area contributed by atoms with Gasteiger partial charge in [-0.05, 0) is 32.0 Å². The van der Waals surface area contributed by atoms with Gasteiger partial charge in [0.15, 0.2) is 0 Å². The molecule has 2 aromatic rings. The van der Waals surface area contributed by atoms with Crippen molar-refractivity contribution in [1.82, 2.24) is 9.63 Å². The van der Waals surface area contributed by atoms with E-state index in [1.54, 1.807) is 13.3 Å². The Morgan fingerprint density at radius 2 is 2.21 bits per heavy atom. The van der Waals surface area contributed by atoms with Gasteiger partial charge in [0.05, 0.1) is 25.5 Å². The highest BCUT2D eigenvalue weighted by molar-refractivity contribution is 5.94. The summed E-state index contributed by atoms with van der Waals surface area (Å²) in [4.78, 5) is 17.1. The van der Waals surface area contributed by atoms with Gasteiger partial charge in [0.25, 0.3) is 5.91 Å². The third-order valence-corrected chi connectivity index (χ3v) is 3.26. The quantitative estimate of drug-likeness (QED) is 0.795. The van der Waals surface area contributed by atoms with Crippen LogP contribution in [0.2, 0.25) is 0 Å². The lowest BCUT2D eigenvalue weighted by Gasteiger charge is -2.13. The summed E-state index contributed by atoms with van der Waals surface area (Å²) in [6.07, 6.45) is 1.65. The monoisotopic (exact) mass is 262 g/mol. The molecule has 102 valence electrons. The SMILES string of the molecule is CON(C)C(=O)c1cc(C)n(Cc2ccco2)c1C. The largest absolute Gasteiger partial charge is 0.467 e. The van der Waals surface area contributed by atoms with Crippen LogP contribution < -0.4 is 0 Å². The van der Waals surface area contributed by atoms with Gasteiger partial charge >= 0.3 is 0 Å². The van der Waals surface area contributed by atoms with Crippen molar-refractivity contribution in [2.24, 2.45) is 0 Å². The predicted molar refractivity (Wildman–Crippen MR) is 70.8 cm³/mol. The minimum Gasteiger partial charge on any atom is -0.467 e. The second kappa shape index (κ2) is 5.32. The Morgan fingerprint density at radius 3 is 2.79 bits per heavy atom. The average Bonchev–Trinajstić information content (AvgIpc) is 3.00. The average molecular weight is 262 g/mol. The van der Waals surface area contributed by atoms with E-state index in [1.807, 2.05) is 32.0 Å². The number of nitrogens with zero attached hydrogens (tertiary/aromatic N) is 2. The summed E-state index contributed by atoms with van der Waals surface area (Å²) in [5.74, 6) is 0.710. The number of hydroxylamine groups is 2. The first-order valence-electron chi connectivity index (χ1n) is 6.06. The number of hydrogen-bond donors (Lipinski definition) is 0. The minimum atomic E-state index is -0.152. The fourth-order valence-electron chi connectivity index (χ4n) is 2.07. The lowest BCUT2D eigenvalue weighted by Crippen LogP contribution is -2.25. The first-order valence-corrected chi connectivity index (χ1v) is 6.06. The van der Waals surface area contributed by atoms with E-state index in [9.17, 15) is 4.79 Å². The number of carbonyl (C=O) groups is 1. The summed E-state index contributed by atoms with van der Waals surface area (Å²) < 4.78 is 7.40. The summed E-state index contributed by atoms with van der Waals surface area (Å²) in [6.45, 7) is 4.51. The third-order valence-electron chi connectivity index (χ3n) is 3.26. The molecule has 0 aromatic carbocycles. The third kappa shape index (κ3) is 2.56. The topological polar surface area (TPSA) is 47.6 Å². The van der Waals surface area contributed by atoms with Gasteiger partial charge in [-0.15, -0.1) is 0 Å². The molecule has 0 saturated carbocycles. The van der Waals surface area contributed by atoms with Gasteiger partial charge < -0.3 is 8.98 Å². The smallest absolute Gasteiger partial charge is 0.278 e. The van der Waals surface area contributed by atoms with Gasteiger partial charge in [-0.3, -0.25) is 9.63 Å². The first-order chi connectivity index (χ1) is 9.04. The van der Waals surface area contributed by atoms with E-state index in [0.717, 1.165) is 17.1 Å². The minimum absolute atomic E-state index is 0.152. The second-order valence-corrected chi connectivity index (χ2v) is 4.44. The maximum Gasteiger partial charge on any atom is 0.278 e. The Balaban J connectivity index is 2.32. The van der Waals surface area contributed by atoms with Crippen molar-refractivity contribution in [3.63, 3.8) is 0 Å². The van der Waals surface area contributed by atoms with E-state index in [0.29, 0.717) is 12.1 Å². The lowest BCUT2D eigenvalue weighted by atomic mass is 10.2. The summed E-state index contributed by atoms with van der Waals surface area (Å²) in [5.41, 5.74) is 2.57. The normalized spacial score (nSPS) is 10.7. The van der Waals surface area contributed by atoms with Crippen LogP contribution in [0, 0.1) is 13.8 Å². The number of rotatable bonds is 4. The van der Waals surface area contributed by atoms with E-state index in [-0.39, 0.29) is 5.91 Å². The molecular formula is C14H18N2O3. The fraction of sp³-hybridized carbons (Fsp3) is 0.357. The number of aryl methyl sites for hydroxylation is 1. The molecule has 19 heavy (non-hydrogen) atoms. The summed E-state index contributed by atoms with van der Waals surface area (Å²) in [6, 6.07) is 5.64. The van der Waals surface area contributed by atoms with E-state index in [2.05, 4.69) is 4.57 Å². The highest BCUT2D eigenvalue weighted by atomic mass is 16.7. The van der Waals surface area contributed by atoms with Crippen LogP contribution in [0.5, 0.6) is 0 Å². The van der Waals surface area contributed by atoms with Crippen LogP contribution in [-0.4, -0.2) is 29.7 Å². The van der Waals surface area contributed by atoms with Crippen LogP contribution >= 0.6 is 0 Å². The van der Waals surface area contributed by atoms with Crippen LogP contribution in [0.1, 0.15) is 27.5 Å². The summed E-state index contributed by atoms with van der Waals surface area (Å²) in [5, 5.41) is 1.22. The predicted octanol–water partition coefficient (Wildman–Crippen LogP) is 2.38. The van der Waals surface area contributed by atoms with E-state index in [1.165, 1.54) is 12.2 Å². The summed E-state index contributed by atoms with van der Waals surface area (Å²) in [7, 11) is 3.07. The molecule has 5 heteroatoms. The van der Waals surface area contributed by atoms with Gasteiger partial charge in [-0.25, -0.2) is 5.06 Å². The Labute approximate surface area is 112 Å². The number of aromatic nitrogens is 1. The van der Waals surface area contributed by atoms with E-state index >= 15 is 0 Å². The molecule has 0 aliphatic rings. The Bertz CT molecular complexity index is 570. The Morgan fingerprint density at radius 1 is 1.47 bits per heavy atom. The zero-order valence-corrected chi connectivity index (χ0v) is 11.6. The number of hydrogen-bond acceptors (Lipinski definition) is 3. The van der Waals surface area contributed by atoms with Gasteiger partial charge in [0, 0.05) is 18.4 Å². The molecule has 1 amide bonds. The number of carbonyl (C=O) groups excluding carboxylic acids is 1. The zero-order valence-electron chi connectivity index (χ0n) is 11.6. The molecule has 0 saturated heterocycles.